The molecule has 0 spiro atoms. The maximum Gasteiger partial charge on any atom is 0.338 e. The van der Waals surface area contributed by atoms with E-state index in [4.69, 9.17) is 4.74 Å². The van der Waals surface area contributed by atoms with Gasteiger partial charge in [-0.2, -0.15) is 5.26 Å². The largest absolute Gasteiger partial charge is 0.449 e. The van der Waals surface area contributed by atoms with Gasteiger partial charge in [-0.1, -0.05) is 19.3 Å². The number of esters is 1. The van der Waals surface area contributed by atoms with Gasteiger partial charge in [0.15, 0.2) is 6.10 Å². The van der Waals surface area contributed by atoms with Gasteiger partial charge in [0.05, 0.1) is 23.1 Å². The summed E-state index contributed by atoms with van der Waals surface area (Å²) in [5.41, 5.74) is -0.0548. The highest BCUT2D eigenvalue weighted by molar-refractivity contribution is 8.00. The van der Waals surface area contributed by atoms with Gasteiger partial charge in [0, 0.05) is 4.90 Å². The molecular formula is C19H21N3O4S. The minimum absolute atomic E-state index is 0.125. The number of amides is 2. The van der Waals surface area contributed by atoms with Crippen molar-refractivity contribution in [2.75, 3.05) is 11.1 Å². The van der Waals surface area contributed by atoms with Crippen LogP contribution in [0.15, 0.2) is 23.1 Å². The second-order valence-corrected chi connectivity index (χ2v) is 7.86. The van der Waals surface area contributed by atoms with E-state index in [0.717, 1.165) is 24.2 Å². The van der Waals surface area contributed by atoms with Gasteiger partial charge in [0.2, 0.25) is 5.91 Å². The van der Waals surface area contributed by atoms with Gasteiger partial charge in [-0.25, -0.2) is 4.79 Å². The van der Waals surface area contributed by atoms with E-state index < -0.39 is 23.5 Å². The van der Waals surface area contributed by atoms with Crippen molar-refractivity contribution in [1.82, 2.24) is 5.32 Å². The zero-order chi connectivity index (χ0) is 19.4. The second kappa shape index (κ2) is 8.01. The highest BCUT2D eigenvalue weighted by Gasteiger charge is 2.35. The summed E-state index contributed by atoms with van der Waals surface area (Å²) < 4.78 is 5.27. The molecule has 2 aliphatic rings. The number of ether oxygens (including phenoxy) is 1. The highest BCUT2D eigenvalue weighted by atomic mass is 32.2. The first kappa shape index (κ1) is 19.2. The number of nitrogens with zero attached hydrogens (tertiary/aromatic N) is 1. The first-order valence-electron chi connectivity index (χ1n) is 8.93. The predicted molar refractivity (Wildman–Crippen MR) is 100 cm³/mol. The molecule has 0 unspecified atom stereocenters. The van der Waals surface area contributed by atoms with Crippen LogP contribution in [0.2, 0.25) is 0 Å². The number of carbonyl (C=O) groups excluding carboxylic acids is 3. The topological polar surface area (TPSA) is 108 Å². The molecule has 1 aromatic carbocycles. The molecule has 27 heavy (non-hydrogen) atoms. The Morgan fingerprint density at radius 1 is 1.33 bits per heavy atom. The van der Waals surface area contributed by atoms with Gasteiger partial charge in [0.1, 0.15) is 5.54 Å². The summed E-state index contributed by atoms with van der Waals surface area (Å²) in [6, 6.07) is 7.11. The van der Waals surface area contributed by atoms with Crippen molar-refractivity contribution in [2.24, 2.45) is 0 Å². The van der Waals surface area contributed by atoms with Crippen molar-refractivity contribution in [1.29, 1.82) is 5.26 Å². The highest BCUT2D eigenvalue weighted by Crippen LogP contribution is 2.32. The number of rotatable bonds is 4. The molecule has 2 N–H and O–H groups in total. The minimum atomic E-state index is -1.02. The summed E-state index contributed by atoms with van der Waals surface area (Å²) >= 11 is 1.40. The van der Waals surface area contributed by atoms with Crippen LogP contribution in [-0.2, 0) is 14.3 Å². The van der Waals surface area contributed by atoms with Gasteiger partial charge < -0.3 is 15.4 Å². The molecule has 8 heteroatoms. The van der Waals surface area contributed by atoms with Crippen molar-refractivity contribution in [3.8, 4) is 6.07 Å². The summed E-state index contributed by atoms with van der Waals surface area (Å²) in [7, 11) is 0. The monoisotopic (exact) mass is 387 g/mol. The lowest BCUT2D eigenvalue weighted by Gasteiger charge is -2.32. The molecule has 1 atom stereocenters. The number of benzene rings is 1. The smallest absolute Gasteiger partial charge is 0.338 e. The van der Waals surface area contributed by atoms with Crippen molar-refractivity contribution in [2.45, 2.75) is 55.6 Å². The third-order valence-electron chi connectivity index (χ3n) is 4.78. The third-order valence-corrected chi connectivity index (χ3v) is 5.86. The molecule has 0 radical (unpaired) electrons. The number of anilines is 1. The molecule has 1 aliphatic carbocycles. The van der Waals surface area contributed by atoms with Crippen molar-refractivity contribution < 1.29 is 19.1 Å². The van der Waals surface area contributed by atoms with Crippen LogP contribution in [0.1, 0.15) is 49.4 Å². The maximum absolute atomic E-state index is 12.4. The Morgan fingerprint density at radius 2 is 2.07 bits per heavy atom. The molecule has 1 saturated carbocycles. The molecule has 1 aliphatic heterocycles. The van der Waals surface area contributed by atoms with E-state index in [1.807, 2.05) is 0 Å². The van der Waals surface area contributed by atoms with Crippen LogP contribution in [0, 0.1) is 11.3 Å². The van der Waals surface area contributed by atoms with E-state index in [2.05, 4.69) is 16.7 Å². The van der Waals surface area contributed by atoms with E-state index in [9.17, 15) is 19.6 Å². The Labute approximate surface area is 161 Å². The number of hydrogen-bond donors (Lipinski definition) is 2. The van der Waals surface area contributed by atoms with Crippen LogP contribution in [-0.4, -0.2) is 35.2 Å². The number of fused-ring (bicyclic) bond motifs is 1. The van der Waals surface area contributed by atoms with Gasteiger partial charge >= 0.3 is 5.97 Å². The predicted octanol–water partition coefficient (Wildman–Crippen LogP) is 2.62. The minimum Gasteiger partial charge on any atom is -0.449 e. The molecule has 142 valence electrons. The average Bonchev–Trinajstić information content (AvgIpc) is 2.67. The molecule has 1 fully saturated rings. The van der Waals surface area contributed by atoms with Crippen LogP contribution in [0.5, 0.6) is 0 Å². The van der Waals surface area contributed by atoms with E-state index >= 15 is 0 Å². The van der Waals surface area contributed by atoms with Crippen LogP contribution in [0.3, 0.4) is 0 Å². The molecule has 0 bridgehead atoms. The molecule has 0 saturated heterocycles. The van der Waals surface area contributed by atoms with E-state index in [1.54, 1.807) is 18.2 Å². The first-order chi connectivity index (χ1) is 12.9. The standard InChI is InChI=1S/C19H21N3O4S/c1-12(17(24)22-19(11-20)7-3-2-4-8-19)26-18(25)13-5-6-15-14(9-13)21-16(23)10-27-15/h5-6,9,12H,2-4,7-8,10H2,1H3,(H,21,23)(H,22,24)/t12-/m1/s1. The van der Waals surface area contributed by atoms with Crippen LogP contribution in [0.25, 0.3) is 0 Å². The van der Waals surface area contributed by atoms with Gasteiger partial charge in [-0.3, -0.25) is 9.59 Å². The molecule has 3 rings (SSSR count). The quantitative estimate of drug-likeness (QED) is 0.769. The Bertz CT molecular complexity index is 812. The fourth-order valence-electron chi connectivity index (χ4n) is 3.25. The molecule has 7 nitrogen and oxygen atoms in total. The lowest BCUT2D eigenvalue weighted by atomic mass is 9.83. The normalized spacial score (nSPS) is 19.0. The van der Waals surface area contributed by atoms with E-state index in [-0.39, 0.29) is 11.5 Å². The SMILES string of the molecule is C[C@@H](OC(=O)c1ccc2c(c1)NC(=O)CS2)C(=O)NC1(C#N)CCCCC1. The lowest BCUT2D eigenvalue weighted by Crippen LogP contribution is -2.52. The summed E-state index contributed by atoms with van der Waals surface area (Å²) in [6.07, 6.45) is 3.03. The zero-order valence-corrected chi connectivity index (χ0v) is 15.9. The Hall–Kier alpha value is -2.53. The maximum atomic E-state index is 12.4. The lowest BCUT2D eigenvalue weighted by molar-refractivity contribution is -0.130. The number of thioether (sulfide) groups is 1. The number of nitriles is 1. The fraction of sp³-hybridized carbons (Fsp3) is 0.474. The molecular weight excluding hydrogens is 366 g/mol. The molecule has 1 heterocycles. The van der Waals surface area contributed by atoms with Crippen molar-refractivity contribution in [3.63, 3.8) is 0 Å². The third kappa shape index (κ3) is 4.42. The van der Waals surface area contributed by atoms with Crippen LogP contribution >= 0.6 is 11.8 Å². The van der Waals surface area contributed by atoms with E-state index in [1.165, 1.54) is 18.7 Å². The van der Waals surface area contributed by atoms with Gasteiger partial charge in [-0.15, -0.1) is 11.8 Å². The number of carbonyl (C=O) groups is 3. The number of nitrogens with one attached hydrogen (secondary N) is 2. The fourth-order valence-corrected chi connectivity index (χ4v) is 4.04. The van der Waals surface area contributed by atoms with Crippen LogP contribution < -0.4 is 10.6 Å². The van der Waals surface area contributed by atoms with Gasteiger partial charge in [-0.05, 0) is 38.0 Å². The number of hydrogen-bond acceptors (Lipinski definition) is 6. The zero-order valence-electron chi connectivity index (χ0n) is 15.0. The second-order valence-electron chi connectivity index (χ2n) is 6.84. The van der Waals surface area contributed by atoms with Crippen molar-refractivity contribution >= 4 is 35.2 Å². The summed E-state index contributed by atoms with van der Waals surface area (Å²) in [4.78, 5) is 37.2. The first-order valence-corrected chi connectivity index (χ1v) is 9.92. The molecule has 0 aromatic heterocycles. The van der Waals surface area contributed by atoms with E-state index in [0.29, 0.717) is 24.3 Å². The summed E-state index contributed by atoms with van der Waals surface area (Å²) in [6.45, 7) is 1.48. The summed E-state index contributed by atoms with van der Waals surface area (Å²) in [5, 5.41) is 14.9. The Kier molecular flexibility index (Phi) is 5.71. The Morgan fingerprint density at radius 3 is 2.78 bits per heavy atom. The molecule has 1 aromatic rings. The van der Waals surface area contributed by atoms with Crippen molar-refractivity contribution in [3.05, 3.63) is 23.8 Å². The van der Waals surface area contributed by atoms with Crippen LogP contribution in [0.4, 0.5) is 5.69 Å². The summed E-state index contributed by atoms with van der Waals surface area (Å²) in [5.74, 6) is -0.914. The molecule has 2 amide bonds. The average molecular weight is 387 g/mol. The van der Waals surface area contributed by atoms with Gasteiger partial charge in [0.25, 0.3) is 5.91 Å². The Balaban J connectivity index is 1.63.